The highest BCUT2D eigenvalue weighted by Crippen LogP contribution is 2.45. The highest BCUT2D eigenvalue weighted by molar-refractivity contribution is 5.73. The Balaban J connectivity index is 1.64. The summed E-state index contributed by atoms with van der Waals surface area (Å²) >= 11 is 0. The van der Waals surface area contributed by atoms with Crippen LogP contribution in [0.15, 0.2) is 28.8 Å². The number of aliphatic hydroxyl groups is 1. The Morgan fingerprint density at radius 3 is 2.43 bits per heavy atom. The van der Waals surface area contributed by atoms with Gasteiger partial charge < -0.3 is 20.3 Å². The Kier molecular flexibility index (Phi) is 6.88. The third-order valence-electron chi connectivity index (χ3n) is 5.28. The first kappa shape index (κ1) is 22.4. The van der Waals surface area contributed by atoms with Crippen LogP contribution in [-0.4, -0.2) is 34.9 Å². The summed E-state index contributed by atoms with van der Waals surface area (Å²) in [5.41, 5.74) is 0.896. The van der Waals surface area contributed by atoms with Crippen LogP contribution in [0.1, 0.15) is 50.6 Å². The number of aromatic nitrogens is 1. The fourth-order valence-electron chi connectivity index (χ4n) is 3.66. The standard InChI is InChI=1S/C22H29F2N3O3/c1-13(2)6-18-11-21(30-27-18)22(4-5-22)25-12-20(29)19(26-14(3)28)9-15-7-16(23)10-17(24)8-15/h7-8,10-11,13,19-20,25,29H,4-6,9,12H2,1-3H3,(H,26,28)/t19-,20+/m0/s1. The van der Waals surface area contributed by atoms with E-state index in [0.29, 0.717) is 11.5 Å². The van der Waals surface area contributed by atoms with Gasteiger partial charge in [-0.25, -0.2) is 8.78 Å². The topological polar surface area (TPSA) is 87.4 Å². The van der Waals surface area contributed by atoms with Gasteiger partial charge >= 0.3 is 0 Å². The summed E-state index contributed by atoms with van der Waals surface area (Å²) in [6, 6.07) is 4.44. The monoisotopic (exact) mass is 421 g/mol. The Hall–Kier alpha value is -2.32. The summed E-state index contributed by atoms with van der Waals surface area (Å²) in [6.07, 6.45) is 1.68. The van der Waals surface area contributed by atoms with Crippen LogP contribution in [0, 0.1) is 17.6 Å². The van der Waals surface area contributed by atoms with E-state index < -0.39 is 23.8 Å². The number of rotatable bonds is 10. The second-order valence-electron chi connectivity index (χ2n) is 8.60. The van der Waals surface area contributed by atoms with Crippen LogP contribution in [0.3, 0.4) is 0 Å². The molecule has 6 nitrogen and oxygen atoms in total. The number of nitrogens with zero attached hydrogens (tertiary/aromatic N) is 1. The van der Waals surface area contributed by atoms with E-state index in [0.717, 1.165) is 36.8 Å². The number of aliphatic hydroxyl groups excluding tert-OH is 1. The van der Waals surface area contributed by atoms with Crippen molar-refractivity contribution in [1.82, 2.24) is 15.8 Å². The van der Waals surface area contributed by atoms with E-state index in [1.54, 1.807) is 0 Å². The summed E-state index contributed by atoms with van der Waals surface area (Å²) in [4.78, 5) is 11.6. The smallest absolute Gasteiger partial charge is 0.217 e. The predicted molar refractivity (Wildman–Crippen MR) is 108 cm³/mol. The number of halogens is 2. The van der Waals surface area contributed by atoms with Gasteiger partial charge in [0.25, 0.3) is 0 Å². The SMILES string of the molecule is CC(=O)N[C@@H](Cc1cc(F)cc(F)c1)[C@H](O)CNC1(c2cc(CC(C)C)no2)CC1. The third-order valence-corrected chi connectivity index (χ3v) is 5.28. The molecule has 30 heavy (non-hydrogen) atoms. The lowest BCUT2D eigenvalue weighted by atomic mass is 10.00. The molecule has 2 aromatic rings. The maximum absolute atomic E-state index is 13.5. The van der Waals surface area contributed by atoms with E-state index in [2.05, 4.69) is 29.6 Å². The number of carbonyl (C=O) groups is 1. The molecular formula is C22H29F2N3O3. The zero-order valence-corrected chi connectivity index (χ0v) is 17.5. The molecule has 0 saturated heterocycles. The maximum Gasteiger partial charge on any atom is 0.217 e. The lowest BCUT2D eigenvalue weighted by Crippen LogP contribution is -2.49. The maximum atomic E-state index is 13.5. The van der Waals surface area contributed by atoms with Crippen molar-refractivity contribution < 1.29 is 23.2 Å². The van der Waals surface area contributed by atoms with Crippen LogP contribution >= 0.6 is 0 Å². The summed E-state index contributed by atoms with van der Waals surface area (Å²) in [6.45, 7) is 5.75. The van der Waals surface area contributed by atoms with Gasteiger partial charge in [-0.05, 0) is 49.3 Å². The normalized spacial score (nSPS) is 17.0. The highest BCUT2D eigenvalue weighted by atomic mass is 19.1. The van der Waals surface area contributed by atoms with Gasteiger partial charge in [-0.3, -0.25) is 4.79 Å². The van der Waals surface area contributed by atoms with E-state index >= 15 is 0 Å². The zero-order chi connectivity index (χ0) is 21.9. The van der Waals surface area contributed by atoms with Gasteiger partial charge in [-0.1, -0.05) is 19.0 Å². The molecule has 1 aromatic heterocycles. The van der Waals surface area contributed by atoms with Gasteiger partial charge in [0.15, 0.2) is 5.76 Å². The van der Waals surface area contributed by atoms with Crippen molar-refractivity contribution in [2.45, 2.75) is 64.1 Å². The molecule has 3 rings (SSSR count). The van der Waals surface area contributed by atoms with E-state index in [1.165, 1.54) is 19.1 Å². The second kappa shape index (κ2) is 9.22. The first-order chi connectivity index (χ1) is 14.2. The Labute approximate surface area is 175 Å². The number of amides is 1. The zero-order valence-electron chi connectivity index (χ0n) is 17.5. The molecule has 1 heterocycles. The van der Waals surface area contributed by atoms with E-state index in [4.69, 9.17) is 4.52 Å². The van der Waals surface area contributed by atoms with Gasteiger partial charge in [0.2, 0.25) is 5.91 Å². The van der Waals surface area contributed by atoms with Crippen LogP contribution in [0.5, 0.6) is 0 Å². The first-order valence-corrected chi connectivity index (χ1v) is 10.3. The lowest BCUT2D eigenvalue weighted by Gasteiger charge is -2.26. The van der Waals surface area contributed by atoms with E-state index in [9.17, 15) is 18.7 Å². The van der Waals surface area contributed by atoms with Crippen molar-refractivity contribution in [2.24, 2.45) is 5.92 Å². The van der Waals surface area contributed by atoms with Crippen molar-refractivity contribution in [3.63, 3.8) is 0 Å². The van der Waals surface area contributed by atoms with Crippen LogP contribution < -0.4 is 10.6 Å². The molecule has 1 saturated carbocycles. The summed E-state index contributed by atoms with van der Waals surface area (Å²) in [5, 5.41) is 20.9. The van der Waals surface area contributed by atoms with E-state index in [-0.39, 0.29) is 24.4 Å². The molecule has 1 fully saturated rings. The van der Waals surface area contributed by atoms with E-state index in [1.807, 2.05) is 6.07 Å². The Morgan fingerprint density at radius 2 is 1.87 bits per heavy atom. The molecule has 3 N–H and O–H groups in total. The molecule has 0 spiro atoms. The number of hydrogen-bond acceptors (Lipinski definition) is 5. The molecule has 0 bridgehead atoms. The van der Waals surface area contributed by atoms with Gasteiger partial charge in [0.1, 0.15) is 11.6 Å². The summed E-state index contributed by atoms with van der Waals surface area (Å²) < 4.78 is 32.5. The average molecular weight is 421 g/mol. The molecule has 0 aliphatic heterocycles. The Bertz CT molecular complexity index is 860. The summed E-state index contributed by atoms with van der Waals surface area (Å²) in [5.74, 6) is -0.504. The molecular weight excluding hydrogens is 392 g/mol. The van der Waals surface area contributed by atoms with Crippen LogP contribution in [0.4, 0.5) is 8.78 Å². The van der Waals surface area contributed by atoms with Crippen molar-refractivity contribution in [1.29, 1.82) is 0 Å². The van der Waals surface area contributed by atoms with Gasteiger partial charge in [-0.15, -0.1) is 0 Å². The first-order valence-electron chi connectivity index (χ1n) is 10.3. The Morgan fingerprint density at radius 1 is 1.20 bits per heavy atom. The highest BCUT2D eigenvalue weighted by Gasteiger charge is 2.48. The largest absolute Gasteiger partial charge is 0.390 e. The molecule has 2 atom stereocenters. The van der Waals surface area contributed by atoms with Gasteiger partial charge in [-0.2, -0.15) is 0 Å². The molecule has 0 radical (unpaired) electrons. The predicted octanol–water partition coefficient (Wildman–Crippen LogP) is 2.84. The molecule has 0 unspecified atom stereocenters. The molecule has 164 valence electrons. The van der Waals surface area contributed by atoms with Gasteiger partial charge in [0.05, 0.1) is 23.4 Å². The average Bonchev–Trinajstić information content (AvgIpc) is 3.28. The number of benzene rings is 1. The minimum atomic E-state index is -0.962. The van der Waals surface area contributed by atoms with Gasteiger partial charge in [0, 0.05) is 25.6 Å². The van der Waals surface area contributed by atoms with Crippen LogP contribution in [0.2, 0.25) is 0 Å². The molecule has 1 aliphatic carbocycles. The third kappa shape index (κ3) is 5.86. The molecule has 1 aliphatic rings. The minimum Gasteiger partial charge on any atom is -0.390 e. The van der Waals surface area contributed by atoms with Crippen molar-refractivity contribution in [3.8, 4) is 0 Å². The number of carbonyl (C=O) groups excluding carboxylic acids is 1. The summed E-state index contributed by atoms with van der Waals surface area (Å²) in [7, 11) is 0. The minimum absolute atomic E-state index is 0.102. The lowest BCUT2D eigenvalue weighted by molar-refractivity contribution is -0.120. The fourth-order valence-corrected chi connectivity index (χ4v) is 3.66. The van der Waals surface area contributed by atoms with Crippen molar-refractivity contribution in [3.05, 3.63) is 52.9 Å². The van der Waals surface area contributed by atoms with Crippen molar-refractivity contribution in [2.75, 3.05) is 6.54 Å². The quantitative estimate of drug-likeness (QED) is 0.549. The van der Waals surface area contributed by atoms with Crippen LogP contribution in [0.25, 0.3) is 0 Å². The number of hydrogen-bond donors (Lipinski definition) is 3. The molecule has 1 aromatic carbocycles. The van der Waals surface area contributed by atoms with Crippen LogP contribution in [-0.2, 0) is 23.2 Å². The fraction of sp³-hybridized carbons (Fsp3) is 0.545. The molecule has 1 amide bonds. The number of nitrogens with one attached hydrogen (secondary N) is 2. The molecule has 8 heteroatoms. The van der Waals surface area contributed by atoms with Crippen molar-refractivity contribution >= 4 is 5.91 Å². The second-order valence-corrected chi connectivity index (χ2v) is 8.60.